The lowest BCUT2D eigenvalue weighted by Crippen LogP contribution is -2.17. The second-order valence-electron chi connectivity index (χ2n) is 5.74. The van der Waals surface area contributed by atoms with Gasteiger partial charge in [-0.25, -0.2) is 9.07 Å². The highest BCUT2D eigenvalue weighted by Gasteiger charge is 2.07. The number of hydrogen-bond donors (Lipinski definition) is 0. The molecule has 0 radical (unpaired) electrons. The molecule has 0 aliphatic carbocycles. The molecule has 130 valence electrons. The van der Waals surface area contributed by atoms with Gasteiger partial charge in [0.15, 0.2) is 0 Å². The molecular weight excluding hydrogens is 337 g/mol. The first-order valence-corrected chi connectivity index (χ1v) is 7.84. The Morgan fingerprint density at radius 2 is 2.08 bits per heavy atom. The second-order valence-corrected chi connectivity index (χ2v) is 5.74. The quantitative estimate of drug-likeness (QED) is 0.564. The van der Waals surface area contributed by atoms with E-state index >= 15 is 0 Å². The summed E-state index contributed by atoms with van der Waals surface area (Å²) in [5.41, 5.74) is 1.43. The number of fused-ring (bicyclic) bond motifs is 1. The molecule has 0 amide bonds. The van der Waals surface area contributed by atoms with Crippen LogP contribution in [-0.4, -0.2) is 24.5 Å². The lowest BCUT2D eigenvalue weighted by Gasteiger charge is -2.08. The van der Waals surface area contributed by atoms with Gasteiger partial charge in [-0.2, -0.15) is 10.2 Å². The summed E-state index contributed by atoms with van der Waals surface area (Å²) in [5.74, 6) is 0.0848. The minimum absolute atomic E-state index is 0.00577. The van der Waals surface area contributed by atoms with E-state index in [4.69, 9.17) is 4.74 Å². The average molecular weight is 351 g/mol. The van der Waals surface area contributed by atoms with Crippen LogP contribution >= 0.6 is 0 Å². The molecule has 4 aromatic rings. The van der Waals surface area contributed by atoms with Crippen LogP contribution in [0, 0.1) is 5.82 Å². The van der Waals surface area contributed by atoms with Crippen molar-refractivity contribution < 1.29 is 9.13 Å². The highest BCUT2D eigenvalue weighted by atomic mass is 19.1. The third-order valence-corrected chi connectivity index (χ3v) is 3.83. The van der Waals surface area contributed by atoms with E-state index in [9.17, 15) is 9.18 Å². The van der Waals surface area contributed by atoms with E-state index in [2.05, 4.69) is 15.2 Å². The Morgan fingerprint density at radius 3 is 2.88 bits per heavy atom. The maximum Gasteiger partial charge on any atom is 0.206 e. The maximum absolute atomic E-state index is 13.3. The largest absolute Gasteiger partial charge is 0.487 e. The predicted molar refractivity (Wildman–Crippen MR) is 92.6 cm³/mol. The molecule has 7 nitrogen and oxygen atoms in total. The summed E-state index contributed by atoms with van der Waals surface area (Å²) >= 11 is 0. The van der Waals surface area contributed by atoms with Crippen LogP contribution in [-0.2, 0) is 13.7 Å². The van der Waals surface area contributed by atoms with Gasteiger partial charge in [0.1, 0.15) is 29.6 Å². The molecule has 26 heavy (non-hydrogen) atoms. The van der Waals surface area contributed by atoms with Crippen molar-refractivity contribution >= 4 is 10.9 Å². The molecule has 0 N–H and O–H groups in total. The molecule has 4 rings (SSSR count). The number of aromatic nitrogens is 5. The molecule has 3 aromatic heterocycles. The van der Waals surface area contributed by atoms with E-state index in [1.165, 1.54) is 12.1 Å². The first-order valence-electron chi connectivity index (χ1n) is 7.84. The molecular formula is C18H14FN5O2. The Kier molecular flexibility index (Phi) is 3.92. The van der Waals surface area contributed by atoms with Gasteiger partial charge >= 0.3 is 0 Å². The molecule has 0 unspecified atom stereocenters. The minimum atomic E-state index is -0.418. The second kappa shape index (κ2) is 6.40. The standard InChI is InChI=1S/C18H14FN5O2/c1-23-10-14(9-21-23)24-5-4-18(25)17(22-24)11-26-15-2-3-16-12(7-15)6-13(19)8-20-16/h2-10H,11H2,1H3. The monoisotopic (exact) mass is 351 g/mol. The van der Waals surface area contributed by atoms with Gasteiger partial charge in [0.25, 0.3) is 0 Å². The number of rotatable bonds is 4. The Hall–Kier alpha value is -3.55. The molecule has 0 fully saturated rings. The summed E-state index contributed by atoms with van der Waals surface area (Å²) < 4.78 is 22.2. The van der Waals surface area contributed by atoms with Gasteiger partial charge in [0, 0.05) is 24.7 Å². The summed E-state index contributed by atoms with van der Waals surface area (Å²) in [5, 5.41) is 9.01. The van der Waals surface area contributed by atoms with Crippen LogP contribution in [0.3, 0.4) is 0 Å². The molecule has 8 heteroatoms. The third-order valence-electron chi connectivity index (χ3n) is 3.83. The lowest BCUT2D eigenvalue weighted by molar-refractivity contribution is 0.298. The van der Waals surface area contributed by atoms with Gasteiger partial charge in [0.05, 0.1) is 24.1 Å². The summed E-state index contributed by atoms with van der Waals surface area (Å²) in [7, 11) is 1.80. The van der Waals surface area contributed by atoms with Gasteiger partial charge in [-0.3, -0.25) is 14.5 Å². The molecule has 0 aliphatic heterocycles. The van der Waals surface area contributed by atoms with E-state index < -0.39 is 5.82 Å². The Bertz CT molecular complexity index is 1150. The highest BCUT2D eigenvalue weighted by molar-refractivity contribution is 5.79. The molecule has 0 saturated carbocycles. The number of ether oxygens (including phenoxy) is 1. The van der Waals surface area contributed by atoms with Crippen LogP contribution < -0.4 is 10.2 Å². The van der Waals surface area contributed by atoms with Crippen LogP contribution in [0.15, 0.2) is 59.9 Å². The van der Waals surface area contributed by atoms with Crippen LogP contribution in [0.25, 0.3) is 16.6 Å². The summed E-state index contributed by atoms with van der Waals surface area (Å²) in [6, 6.07) is 7.93. The zero-order valence-electron chi connectivity index (χ0n) is 13.8. The average Bonchev–Trinajstić information content (AvgIpc) is 3.07. The van der Waals surface area contributed by atoms with Crippen LogP contribution in [0.4, 0.5) is 4.39 Å². The number of aryl methyl sites for hydroxylation is 1. The zero-order chi connectivity index (χ0) is 18.1. The van der Waals surface area contributed by atoms with Crippen molar-refractivity contribution in [3.63, 3.8) is 0 Å². The number of hydrogen-bond acceptors (Lipinski definition) is 5. The fraction of sp³-hybridized carbons (Fsp3) is 0.111. The normalized spacial score (nSPS) is 11.0. The SMILES string of the molecule is Cn1cc(-n2ccc(=O)c(COc3ccc4ncc(F)cc4c3)n2)cn1. The van der Waals surface area contributed by atoms with Gasteiger partial charge in [-0.1, -0.05) is 0 Å². The van der Waals surface area contributed by atoms with Crippen molar-refractivity contribution in [1.29, 1.82) is 0 Å². The number of halogens is 1. The number of pyridine rings is 1. The molecule has 0 bridgehead atoms. The third kappa shape index (κ3) is 3.16. The van der Waals surface area contributed by atoms with E-state index in [0.29, 0.717) is 16.7 Å². The molecule has 0 atom stereocenters. The van der Waals surface area contributed by atoms with Crippen molar-refractivity contribution in [3.05, 3.63) is 76.9 Å². The van der Waals surface area contributed by atoms with E-state index in [1.54, 1.807) is 53.2 Å². The highest BCUT2D eigenvalue weighted by Crippen LogP contribution is 2.20. The number of benzene rings is 1. The predicted octanol–water partition coefficient (Wildman–Crippen LogP) is 2.23. The van der Waals surface area contributed by atoms with Crippen LogP contribution in [0.2, 0.25) is 0 Å². The van der Waals surface area contributed by atoms with Gasteiger partial charge in [-0.05, 0) is 24.3 Å². The van der Waals surface area contributed by atoms with Gasteiger partial charge < -0.3 is 4.74 Å². The summed E-state index contributed by atoms with van der Waals surface area (Å²) in [6.45, 7) is -0.00577. The molecule has 0 aliphatic rings. The molecule has 1 aromatic carbocycles. The Labute approximate surface area is 147 Å². The van der Waals surface area contributed by atoms with Crippen LogP contribution in [0.1, 0.15) is 5.69 Å². The van der Waals surface area contributed by atoms with Gasteiger partial charge in [-0.15, -0.1) is 0 Å². The van der Waals surface area contributed by atoms with E-state index in [0.717, 1.165) is 11.9 Å². The molecule has 0 saturated heterocycles. The van der Waals surface area contributed by atoms with Crippen molar-refractivity contribution in [2.45, 2.75) is 6.61 Å². The zero-order valence-corrected chi connectivity index (χ0v) is 13.8. The fourth-order valence-corrected chi connectivity index (χ4v) is 2.54. The minimum Gasteiger partial charge on any atom is -0.487 e. The van der Waals surface area contributed by atoms with Crippen molar-refractivity contribution in [2.24, 2.45) is 7.05 Å². The molecule has 3 heterocycles. The van der Waals surface area contributed by atoms with Crippen molar-refractivity contribution in [3.8, 4) is 11.4 Å². The fourth-order valence-electron chi connectivity index (χ4n) is 2.54. The Morgan fingerprint density at radius 1 is 1.19 bits per heavy atom. The lowest BCUT2D eigenvalue weighted by atomic mass is 10.2. The summed E-state index contributed by atoms with van der Waals surface area (Å²) in [4.78, 5) is 16.0. The van der Waals surface area contributed by atoms with Crippen molar-refractivity contribution in [2.75, 3.05) is 0 Å². The summed E-state index contributed by atoms with van der Waals surface area (Å²) in [6.07, 6.45) is 6.17. The van der Waals surface area contributed by atoms with E-state index in [1.807, 2.05) is 0 Å². The van der Waals surface area contributed by atoms with Crippen molar-refractivity contribution in [1.82, 2.24) is 24.5 Å². The molecule has 0 spiro atoms. The topological polar surface area (TPSA) is 74.8 Å². The first-order chi connectivity index (χ1) is 12.6. The smallest absolute Gasteiger partial charge is 0.206 e. The Balaban J connectivity index is 1.58. The maximum atomic E-state index is 13.3. The number of nitrogens with zero attached hydrogens (tertiary/aromatic N) is 5. The van der Waals surface area contributed by atoms with E-state index in [-0.39, 0.29) is 17.7 Å². The van der Waals surface area contributed by atoms with Gasteiger partial charge in [0.2, 0.25) is 5.43 Å². The van der Waals surface area contributed by atoms with Crippen LogP contribution in [0.5, 0.6) is 5.75 Å². The first kappa shape index (κ1) is 15.9.